The standard InChI is InChI=1S/C27H24F3NO3/c1-15(32)34-26-23(33-3)9-6-17-14-22-24-18(10-11-31(22)2)12-19(13-21(24)25(17)26)16-4-7-20(8-5-16)27(28,29)30/h4-9,12-13,22H,10-11,14H2,1-3H3/t22-/m1/s1. The first-order valence-electron chi connectivity index (χ1n) is 11.1. The van der Waals surface area contributed by atoms with Crippen molar-refractivity contribution in [1.29, 1.82) is 0 Å². The summed E-state index contributed by atoms with van der Waals surface area (Å²) in [6, 6.07) is 13.3. The average molecular weight is 467 g/mol. The molecule has 0 bridgehead atoms. The van der Waals surface area contributed by atoms with Crippen LogP contribution in [-0.2, 0) is 23.8 Å². The molecule has 34 heavy (non-hydrogen) atoms. The van der Waals surface area contributed by atoms with E-state index in [1.54, 1.807) is 0 Å². The lowest BCUT2D eigenvalue weighted by atomic mass is 9.75. The van der Waals surface area contributed by atoms with Crippen molar-refractivity contribution < 1.29 is 27.4 Å². The van der Waals surface area contributed by atoms with Gasteiger partial charge >= 0.3 is 12.1 Å². The molecular formula is C27H24F3NO3. The Morgan fingerprint density at radius 1 is 1.03 bits per heavy atom. The summed E-state index contributed by atoms with van der Waals surface area (Å²) in [5.74, 6) is 0.398. The van der Waals surface area contributed by atoms with Crippen molar-refractivity contribution in [2.45, 2.75) is 32.0 Å². The topological polar surface area (TPSA) is 38.8 Å². The second-order valence-electron chi connectivity index (χ2n) is 8.85. The number of alkyl halides is 3. The summed E-state index contributed by atoms with van der Waals surface area (Å²) >= 11 is 0. The molecule has 4 nitrogen and oxygen atoms in total. The van der Waals surface area contributed by atoms with E-state index < -0.39 is 17.7 Å². The number of hydrogen-bond donors (Lipinski definition) is 0. The van der Waals surface area contributed by atoms with Gasteiger partial charge in [0, 0.05) is 25.1 Å². The van der Waals surface area contributed by atoms with E-state index in [0.717, 1.165) is 59.3 Å². The van der Waals surface area contributed by atoms with Gasteiger partial charge in [-0.15, -0.1) is 0 Å². The first-order valence-corrected chi connectivity index (χ1v) is 11.1. The molecule has 0 unspecified atom stereocenters. The van der Waals surface area contributed by atoms with E-state index in [9.17, 15) is 18.0 Å². The number of carbonyl (C=O) groups is 1. The molecule has 1 aliphatic carbocycles. The van der Waals surface area contributed by atoms with Crippen LogP contribution in [0.1, 0.15) is 35.2 Å². The summed E-state index contributed by atoms with van der Waals surface area (Å²) in [7, 11) is 3.63. The van der Waals surface area contributed by atoms with Gasteiger partial charge < -0.3 is 9.47 Å². The van der Waals surface area contributed by atoms with Crippen LogP contribution in [0.3, 0.4) is 0 Å². The minimum atomic E-state index is -4.38. The van der Waals surface area contributed by atoms with Crippen molar-refractivity contribution >= 4 is 5.97 Å². The molecule has 0 fully saturated rings. The van der Waals surface area contributed by atoms with Crippen molar-refractivity contribution in [2.24, 2.45) is 0 Å². The highest BCUT2D eigenvalue weighted by atomic mass is 19.4. The maximum atomic E-state index is 13.1. The zero-order valence-electron chi connectivity index (χ0n) is 19.1. The third-order valence-corrected chi connectivity index (χ3v) is 6.77. The van der Waals surface area contributed by atoms with E-state index in [1.165, 1.54) is 31.7 Å². The molecule has 1 atom stereocenters. The third-order valence-electron chi connectivity index (χ3n) is 6.77. The van der Waals surface area contributed by atoms with Gasteiger partial charge in [-0.2, -0.15) is 13.2 Å². The van der Waals surface area contributed by atoms with Gasteiger partial charge in [-0.3, -0.25) is 9.69 Å². The van der Waals surface area contributed by atoms with Crippen LogP contribution in [0, 0.1) is 0 Å². The van der Waals surface area contributed by atoms with Crippen molar-refractivity contribution in [3.63, 3.8) is 0 Å². The maximum Gasteiger partial charge on any atom is 0.416 e. The molecular weight excluding hydrogens is 443 g/mol. The molecule has 1 aliphatic heterocycles. The van der Waals surface area contributed by atoms with Gasteiger partial charge in [0.2, 0.25) is 0 Å². The lowest BCUT2D eigenvalue weighted by molar-refractivity contribution is -0.137. The number of nitrogens with zero attached hydrogens (tertiary/aromatic N) is 1. The molecule has 0 N–H and O–H groups in total. The summed E-state index contributed by atoms with van der Waals surface area (Å²) in [6.45, 7) is 2.24. The second kappa shape index (κ2) is 8.17. The Bertz CT molecular complexity index is 1280. The second-order valence-corrected chi connectivity index (χ2v) is 8.85. The maximum absolute atomic E-state index is 13.1. The number of ether oxygens (including phenoxy) is 2. The molecule has 0 aromatic heterocycles. The van der Waals surface area contributed by atoms with Gasteiger partial charge in [-0.25, -0.2) is 0 Å². The highest BCUT2D eigenvalue weighted by molar-refractivity contribution is 5.88. The Hall–Kier alpha value is -3.32. The lowest BCUT2D eigenvalue weighted by Crippen LogP contribution is -2.35. The van der Waals surface area contributed by atoms with Crippen molar-refractivity contribution in [2.75, 3.05) is 20.7 Å². The van der Waals surface area contributed by atoms with Crippen molar-refractivity contribution in [3.8, 4) is 33.8 Å². The predicted octanol–water partition coefficient (Wildman–Crippen LogP) is 6.06. The van der Waals surface area contributed by atoms with Gasteiger partial charge in [0.05, 0.1) is 12.7 Å². The van der Waals surface area contributed by atoms with E-state index in [2.05, 4.69) is 18.0 Å². The summed E-state index contributed by atoms with van der Waals surface area (Å²) in [4.78, 5) is 14.3. The van der Waals surface area contributed by atoms with Crippen LogP contribution in [0.15, 0.2) is 48.5 Å². The lowest BCUT2D eigenvalue weighted by Gasteiger charge is -2.40. The number of benzene rings is 3. The fourth-order valence-electron chi connectivity index (χ4n) is 5.15. The fourth-order valence-corrected chi connectivity index (χ4v) is 5.15. The van der Waals surface area contributed by atoms with E-state index in [4.69, 9.17) is 9.47 Å². The number of likely N-dealkylation sites (N-methyl/N-ethyl adjacent to an activating group) is 1. The first-order chi connectivity index (χ1) is 16.2. The molecule has 5 rings (SSSR count). The zero-order chi connectivity index (χ0) is 24.2. The molecule has 0 saturated carbocycles. The van der Waals surface area contributed by atoms with Crippen LogP contribution in [0.5, 0.6) is 11.5 Å². The van der Waals surface area contributed by atoms with Crippen LogP contribution < -0.4 is 9.47 Å². The average Bonchev–Trinajstić information content (AvgIpc) is 2.80. The fraction of sp³-hybridized carbons (Fsp3) is 0.296. The number of esters is 1. The number of methoxy groups -OCH3 is 1. The quantitative estimate of drug-likeness (QED) is 0.347. The molecule has 3 aromatic rings. The molecule has 0 spiro atoms. The van der Waals surface area contributed by atoms with E-state index in [1.807, 2.05) is 18.2 Å². The molecule has 3 aromatic carbocycles. The van der Waals surface area contributed by atoms with Crippen molar-refractivity contribution in [3.05, 3.63) is 70.8 Å². The van der Waals surface area contributed by atoms with Crippen LogP contribution in [0.25, 0.3) is 22.3 Å². The normalized spacial score (nSPS) is 17.1. The molecule has 176 valence electrons. The highest BCUT2D eigenvalue weighted by Crippen LogP contribution is 2.52. The van der Waals surface area contributed by atoms with Gasteiger partial charge in [0.1, 0.15) is 0 Å². The van der Waals surface area contributed by atoms with E-state index in [0.29, 0.717) is 17.1 Å². The molecule has 0 saturated heterocycles. The summed E-state index contributed by atoms with van der Waals surface area (Å²) in [5, 5.41) is 0. The van der Waals surface area contributed by atoms with Crippen LogP contribution >= 0.6 is 0 Å². The Kier molecular flexibility index (Phi) is 5.40. The van der Waals surface area contributed by atoms with Gasteiger partial charge in [-0.05, 0) is 77.5 Å². The summed E-state index contributed by atoms with van der Waals surface area (Å²) < 4.78 is 50.4. The number of carbonyl (C=O) groups excluding carboxylic acids is 1. The smallest absolute Gasteiger partial charge is 0.416 e. The van der Waals surface area contributed by atoms with Crippen LogP contribution in [0.2, 0.25) is 0 Å². The summed E-state index contributed by atoms with van der Waals surface area (Å²) in [5.41, 5.74) is 5.98. The molecule has 0 amide bonds. The molecule has 2 aliphatic rings. The minimum Gasteiger partial charge on any atom is -0.493 e. The van der Waals surface area contributed by atoms with Crippen LogP contribution in [-0.4, -0.2) is 31.6 Å². The number of hydrogen-bond acceptors (Lipinski definition) is 4. The Balaban J connectivity index is 1.74. The largest absolute Gasteiger partial charge is 0.493 e. The van der Waals surface area contributed by atoms with Crippen LogP contribution in [0.4, 0.5) is 13.2 Å². The van der Waals surface area contributed by atoms with Gasteiger partial charge in [0.25, 0.3) is 0 Å². The minimum absolute atomic E-state index is 0.173. The predicted molar refractivity (Wildman–Crippen MR) is 123 cm³/mol. The number of rotatable bonds is 3. The van der Waals surface area contributed by atoms with Crippen molar-refractivity contribution in [1.82, 2.24) is 4.90 Å². The molecule has 1 heterocycles. The van der Waals surface area contributed by atoms with E-state index >= 15 is 0 Å². The number of fused-ring (bicyclic) bond motifs is 2. The monoisotopic (exact) mass is 467 g/mol. The van der Waals surface area contributed by atoms with E-state index in [-0.39, 0.29) is 6.04 Å². The van der Waals surface area contributed by atoms with Gasteiger partial charge in [0.15, 0.2) is 11.5 Å². The first kappa shape index (κ1) is 22.5. The Morgan fingerprint density at radius 3 is 2.41 bits per heavy atom. The SMILES string of the molecule is COc1ccc2c(c1OC(C)=O)-c1cc(-c3ccc(C(F)(F)F)cc3)cc3c1[C@@H](C2)N(C)CC3. The molecule has 0 radical (unpaired) electrons. The van der Waals surface area contributed by atoms with Gasteiger partial charge in [-0.1, -0.05) is 24.3 Å². The Labute approximate surface area is 195 Å². The summed E-state index contributed by atoms with van der Waals surface area (Å²) in [6.07, 6.45) is -2.79. The zero-order valence-corrected chi connectivity index (χ0v) is 19.1. The molecule has 7 heteroatoms. The third kappa shape index (κ3) is 3.74. The Morgan fingerprint density at radius 2 is 1.76 bits per heavy atom. The number of halogens is 3. The highest BCUT2D eigenvalue weighted by Gasteiger charge is 2.36.